The standard InChI is InChI=1S/C17H22ClF2NO4S/c1-5-17(6-2,9-11(3)19)10-25-15-8-14(20)12(7-13(15)18)16(22)21-26(4,23)24/h7-8H,3,5-6,9-10H2,1-2,4H3,(H,21,22). The minimum absolute atomic E-state index is 0.0178. The van der Waals surface area contributed by atoms with Gasteiger partial charge in [-0.25, -0.2) is 21.9 Å². The molecule has 0 aliphatic carbocycles. The van der Waals surface area contributed by atoms with Gasteiger partial charge in [-0.05, 0) is 18.9 Å². The zero-order chi connectivity index (χ0) is 20.1. The molecule has 0 bridgehead atoms. The predicted octanol–water partition coefficient (Wildman–Crippen LogP) is 4.23. The molecule has 0 aliphatic heterocycles. The first-order valence-corrected chi connectivity index (χ1v) is 10.2. The van der Waals surface area contributed by atoms with Gasteiger partial charge in [0, 0.05) is 17.9 Å². The SMILES string of the molecule is C=C(F)CC(CC)(CC)COc1cc(F)c(C(=O)NS(C)(=O)=O)cc1Cl. The summed E-state index contributed by atoms with van der Waals surface area (Å²) in [6.45, 7) is 7.13. The van der Waals surface area contributed by atoms with Crippen molar-refractivity contribution in [2.45, 2.75) is 33.1 Å². The summed E-state index contributed by atoms with van der Waals surface area (Å²) in [6.07, 6.45) is 2.10. The molecule has 1 N–H and O–H groups in total. The maximum atomic E-state index is 14.2. The zero-order valence-corrected chi connectivity index (χ0v) is 16.4. The number of hydrogen-bond acceptors (Lipinski definition) is 4. The zero-order valence-electron chi connectivity index (χ0n) is 14.9. The lowest BCUT2D eigenvalue weighted by atomic mass is 9.80. The van der Waals surface area contributed by atoms with E-state index in [0.29, 0.717) is 12.8 Å². The molecule has 0 saturated heterocycles. The Morgan fingerprint density at radius 3 is 2.38 bits per heavy atom. The molecular formula is C17H22ClF2NO4S. The second-order valence-electron chi connectivity index (χ2n) is 6.16. The molecule has 0 heterocycles. The van der Waals surface area contributed by atoms with E-state index in [2.05, 4.69) is 6.58 Å². The van der Waals surface area contributed by atoms with Crippen LogP contribution in [0.15, 0.2) is 24.5 Å². The summed E-state index contributed by atoms with van der Waals surface area (Å²) in [5.41, 5.74) is -1.04. The molecule has 1 aromatic rings. The van der Waals surface area contributed by atoms with Crippen LogP contribution in [0.3, 0.4) is 0 Å². The van der Waals surface area contributed by atoms with Crippen LogP contribution in [0.1, 0.15) is 43.5 Å². The first-order chi connectivity index (χ1) is 11.9. The minimum atomic E-state index is -3.84. The van der Waals surface area contributed by atoms with Crippen LogP contribution in [0.5, 0.6) is 5.75 Å². The number of ether oxygens (including phenoxy) is 1. The van der Waals surface area contributed by atoms with Crippen molar-refractivity contribution in [3.8, 4) is 5.75 Å². The van der Waals surface area contributed by atoms with Gasteiger partial charge in [-0.1, -0.05) is 32.0 Å². The molecule has 5 nitrogen and oxygen atoms in total. The van der Waals surface area contributed by atoms with Gasteiger partial charge in [0.05, 0.1) is 29.3 Å². The summed E-state index contributed by atoms with van der Waals surface area (Å²) in [5.74, 6) is -2.61. The predicted molar refractivity (Wildman–Crippen MR) is 97.1 cm³/mol. The highest BCUT2D eigenvalue weighted by molar-refractivity contribution is 7.89. The van der Waals surface area contributed by atoms with E-state index in [9.17, 15) is 22.0 Å². The fourth-order valence-corrected chi connectivity index (χ4v) is 3.09. The van der Waals surface area contributed by atoms with Gasteiger partial charge < -0.3 is 4.74 Å². The largest absolute Gasteiger partial charge is 0.491 e. The molecule has 1 rings (SSSR count). The van der Waals surface area contributed by atoms with E-state index >= 15 is 0 Å². The molecule has 0 saturated carbocycles. The van der Waals surface area contributed by atoms with Gasteiger partial charge in [0.2, 0.25) is 10.0 Å². The van der Waals surface area contributed by atoms with Crippen LogP contribution in [-0.2, 0) is 10.0 Å². The molecule has 0 unspecified atom stereocenters. The Morgan fingerprint density at radius 2 is 1.92 bits per heavy atom. The van der Waals surface area contributed by atoms with Gasteiger partial charge in [-0.3, -0.25) is 4.79 Å². The number of hydrogen-bond donors (Lipinski definition) is 1. The molecule has 0 atom stereocenters. The van der Waals surface area contributed by atoms with Crippen LogP contribution in [0, 0.1) is 11.2 Å². The van der Waals surface area contributed by atoms with Crippen molar-refractivity contribution in [2.24, 2.45) is 5.41 Å². The lowest BCUT2D eigenvalue weighted by Gasteiger charge is -2.31. The Labute approximate surface area is 157 Å². The summed E-state index contributed by atoms with van der Waals surface area (Å²) in [4.78, 5) is 11.8. The van der Waals surface area contributed by atoms with Crippen LogP contribution in [0.25, 0.3) is 0 Å². The third-order valence-corrected chi connectivity index (χ3v) is 5.00. The average Bonchev–Trinajstić information content (AvgIpc) is 2.51. The molecule has 0 aromatic heterocycles. The second kappa shape index (κ2) is 8.81. The van der Waals surface area contributed by atoms with Gasteiger partial charge in [0.15, 0.2) is 0 Å². The maximum absolute atomic E-state index is 14.2. The van der Waals surface area contributed by atoms with Crippen LogP contribution in [0.4, 0.5) is 8.78 Å². The number of amides is 1. The van der Waals surface area contributed by atoms with Crippen LogP contribution in [0.2, 0.25) is 5.02 Å². The van der Waals surface area contributed by atoms with Crippen molar-refractivity contribution in [1.82, 2.24) is 4.72 Å². The number of sulfonamides is 1. The molecule has 0 spiro atoms. The lowest BCUT2D eigenvalue weighted by molar-refractivity contribution is 0.0977. The van der Waals surface area contributed by atoms with Crippen molar-refractivity contribution >= 4 is 27.5 Å². The second-order valence-corrected chi connectivity index (χ2v) is 8.31. The summed E-state index contributed by atoms with van der Waals surface area (Å²) in [6, 6.07) is 1.89. The number of halogens is 3. The average molecular weight is 410 g/mol. The van der Waals surface area contributed by atoms with Gasteiger partial charge in [0.25, 0.3) is 5.91 Å². The third kappa shape index (κ3) is 6.25. The van der Waals surface area contributed by atoms with Gasteiger partial charge >= 0.3 is 0 Å². The molecule has 0 radical (unpaired) electrons. The summed E-state index contributed by atoms with van der Waals surface area (Å²) >= 11 is 6.02. The highest BCUT2D eigenvalue weighted by Gasteiger charge is 2.29. The number of carbonyl (C=O) groups excluding carboxylic acids is 1. The fraction of sp³-hybridized carbons (Fsp3) is 0.471. The number of benzene rings is 1. The molecule has 0 fully saturated rings. The van der Waals surface area contributed by atoms with E-state index in [-0.39, 0.29) is 23.8 Å². The topological polar surface area (TPSA) is 72.5 Å². The van der Waals surface area contributed by atoms with E-state index in [1.165, 1.54) is 0 Å². The number of rotatable bonds is 9. The van der Waals surface area contributed by atoms with Crippen LogP contribution >= 0.6 is 11.6 Å². The maximum Gasteiger partial charge on any atom is 0.267 e. The number of carbonyl (C=O) groups is 1. The highest BCUT2D eigenvalue weighted by Crippen LogP contribution is 2.36. The Hall–Kier alpha value is -1.67. The first-order valence-electron chi connectivity index (χ1n) is 7.90. The summed E-state index contributed by atoms with van der Waals surface area (Å²) < 4.78 is 56.9. The Morgan fingerprint density at radius 1 is 1.35 bits per heavy atom. The van der Waals surface area contributed by atoms with Crippen molar-refractivity contribution in [3.63, 3.8) is 0 Å². The minimum Gasteiger partial charge on any atom is -0.491 e. The normalized spacial score (nSPS) is 11.9. The van der Waals surface area contributed by atoms with E-state index in [0.717, 1.165) is 18.4 Å². The molecule has 1 amide bonds. The first kappa shape index (κ1) is 22.4. The monoisotopic (exact) mass is 409 g/mol. The van der Waals surface area contributed by atoms with E-state index in [4.69, 9.17) is 16.3 Å². The number of allylic oxidation sites excluding steroid dienone is 1. The van der Waals surface area contributed by atoms with Gasteiger partial charge in [-0.2, -0.15) is 0 Å². The number of nitrogens with one attached hydrogen (secondary N) is 1. The van der Waals surface area contributed by atoms with Crippen molar-refractivity contribution in [2.75, 3.05) is 12.9 Å². The summed E-state index contributed by atoms with van der Waals surface area (Å²) in [7, 11) is -3.84. The highest BCUT2D eigenvalue weighted by atomic mass is 35.5. The molecule has 0 aliphatic rings. The van der Waals surface area contributed by atoms with Crippen LogP contribution < -0.4 is 9.46 Å². The lowest BCUT2D eigenvalue weighted by Crippen LogP contribution is -2.30. The molecule has 1 aromatic carbocycles. The third-order valence-electron chi connectivity index (χ3n) is 4.14. The molecule has 146 valence electrons. The Bertz CT molecular complexity index is 792. The molecule has 9 heteroatoms. The smallest absolute Gasteiger partial charge is 0.267 e. The Kier molecular flexibility index (Phi) is 7.58. The Balaban J connectivity index is 3.04. The van der Waals surface area contributed by atoms with E-state index < -0.39 is 38.6 Å². The molecule has 26 heavy (non-hydrogen) atoms. The van der Waals surface area contributed by atoms with Crippen LogP contribution in [-0.4, -0.2) is 27.2 Å². The van der Waals surface area contributed by atoms with E-state index in [1.807, 2.05) is 13.8 Å². The van der Waals surface area contributed by atoms with Crippen molar-refractivity contribution < 1.29 is 26.7 Å². The van der Waals surface area contributed by atoms with Crippen molar-refractivity contribution in [1.29, 1.82) is 0 Å². The van der Waals surface area contributed by atoms with E-state index in [1.54, 1.807) is 4.72 Å². The fourth-order valence-electron chi connectivity index (χ4n) is 2.43. The van der Waals surface area contributed by atoms with Crippen molar-refractivity contribution in [3.05, 3.63) is 40.9 Å². The van der Waals surface area contributed by atoms with Gasteiger partial charge in [0.1, 0.15) is 11.6 Å². The molecular weight excluding hydrogens is 388 g/mol. The van der Waals surface area contributed by atoms with Gasteiger partial charge in [-0.15, -0.1) is 0 Å². The summed E-state index contributed by atoms with van der Waals surface area (Å²) in [5, 5.41) is -0.0646. The quantitative estimate of drug-likeness (QED) is 0.662.